The van der Waals surface area contributed by atoms with Crippen molar-refractivity contribution in [3.8, 4) is 0 Å². The Hall–Kier alpha value is -3.47. The SMILES string of the molecule is CCCN1C(=O)C(Nc2cccc3ccccc23)=C(c2ccc(F)cc2)C1=O. The Bertz CT molecular complexity index is 1100. The van der Waals surface area contributed by atoms with Gasteiger partial charge in [-0.1, -0.05) is 55.5 Å². The molecular weight excluding hydrogens is 355 g/mol. The number of benzene rings is 3. The second-order valence-electron chi connectivity index (χ2n) is 6.67. The zero-order chi connectivity index (χ0) is 19.7. The van der Waals surface area contributed by atoms with Crippen molar-refractivity contribution in [2.75, 3.05) is 11.9 Å². The number of fused-ring (bicyclic) bond motifs is 1. The molecule has 0 spiro atoms. The first-order chi connectivity index (χ1) is 13.6. The number of anilines is 1. The van der Waals surface area contributed by atoms with Crippen molar-refractivity contribution < 1.29 is 14.0 Å². The normalized spacial score (nSPS) is 14.3. The lowest BCUT2D eigenvalue weighted by atomic mass is 10.0. The molecule has 0 saturated carbocycles. The highest BCUT2D eigenvalue weighted by Crippen LogP contribution is 2.32. The molecule has 0 atom stereocenters. The molecule has 28 heavy (non-hydrogen) atoms. The molecular formula is C23H19FN2O2. The first-order valence-corrected chi connectivity index (χ1v) is 9.21. The fraction of sp³-hybridized carbons (Fsp3) is 0.130. The van der Waals surface area contributed by atoms with E-state index in [1.807, 2.05) is 49.4 Å². The standard InChI is InChI=1S/C23H19FN2O2/c1-2-14-26-22(27)20(16-10-12-17(24)13-11-16)21(23(26)28)25-19-9-5-7-15-6-3-4-8-18(15)19/h3-13,25H,2,14H2,1H3. The van der Waals surface area contributed by atoms with Crippen LogP contribution in [-0.4, -0.2) is 23.3 Å². The van der Waals surface area contributed by atoms with Gasteiger partial charge in [0.2, 0.25) is 0 Å². The van der Waals surface area contributed by atoms with E-state index in [1.54, 1.807) is 0 Å². The molecule has 140 valence electrons. The molecule has 1 N–H and O–H groups in total. The largest absolute Gasteiger partial charge is 0.350 e. The number of halogens is 1. The molecule has 3 aromatic rings. The highest BCUT2D eigenvalue weighted by Gasteiger charge is 2.38. The van der Waals surface area contributed by atoms with E-state index in [4.69, 9.17) is 0 Å². The summed E-state index contributed by atoms with van der Waals surface area (Å²) in [5, 5.41) is 5.17. The van der Waals surface area contributed by atoms with E-state index < -0.39 is 5.82 Å². The highest BCUT2D eigenvalue weighted by atomic mass is 19.1. The van der Waals surface area contributed by atoms with Crippen molar-refractivity contribution in [1.82, 2.24) is 4.90 Å². The lowest BCUT2D eigenvalue weighted by Gasteiger charge is -2.14. The Morgan fingerprint density at radius 3 is 2.36 bits per heavy atom. The predicted molar refractivity (Wildman–Crippen MR) is 108 cm³/mol. The second-order valence-corrected chi connectivity index (χ2v) is 6.67. The minimum absolute atomic E-state index is 0.224. The first-order valence-electron chi connectivity index (χ1n) is 9.21. The van der Waals surface area contributed by atoms with Crippen molar-refractivity contribution >= 4 is 33.8 Å². The topological polar surface area (TPSA) is 49.4 Å². The smallest absolute Gasteiger partial charge is 0.278 e. The zero-order valence-corrected chi connectivity index (χ0v) is 15.4. The van der Waals surface area contributed by atoms with Gasteiger partial charge in [0.05, 0.1) is 5.57 Å². The van der Waals surface area contributed by atoms with Gasteiger partial charge in [-0.25, -0.2) is 4.39 Å². The molecule has 4 rings (SSSR count). The van der Waals surface area contributed by atoms with Crippen LogP contribution >= 0.6 is 0 Å². The summed E-state index contributed by atoms with van der Waals surface area (Å²) in [4.78, 5) is 27.2. The minimum atomic E-state index is -0.393. The number of imide groups is 1. The summed E-state index contributed by atoms with van der Waals surface area (Å²) in [6, 6.07) is 19.2. The summed E-state index contributed by atoms with van der Waals surface area (Å²) >= 11 is 0. The van der Waals surface area contributed by atoms with Crippen LogP contribution in [0.25, 0.3) is 16.3 Å². The molecule has 0 aliphatic carbocycles. The third-order valence-electron chi connectivity index (χ3n) is 4.80. The summed E-state index contributed by atoms with van der Waals surface area (Å²) in [6.45, 7) is 2.25. The molecule has 5 heteroatoms. The maximum absolute atomic E-state index is 13.4. The lowest BCUT2D eigenvalue weighted by Crippen LogP contribution is -2.33. The van der Waals surface area contributed by atoms with Gasteiger partial charge in [0, 0.05) is 17.6 Å². The van der Waals surface area contributed by atoms with Crippen LogP contribution in [0.3, 0.4) is 0 Å². The van der Waals surface area contributed by atoms with Crippen LogP contribution in [0.15, 0.2) is 72.4 Å². The second kappa shape index (κ2) is 7.27. The molecule has 2 amide bonds. The summed E-state index contributed by atoms with van der Waals surface area (Å²) in [6.07, 6.45) is 0.662. The third-order valence-corrected chi connectivity index (χ3v) is 4.80. The van der Waals surface area contributed by atoms with Crippen molar-refractivity contribution in [2.24, 2.45) is 0 Å². The van der Waals surface area contributed by atoms with E-state index in [2.05, 4.69) is 5.32 Å². The van der Waals surface area contributed by atoms with Gasteiger partial charge in [0.1, 0.15) is 11.5 Å². The highest BCUT2D eigenvalue weighted by molar-refractivity contribution is 6.36. The minimum Gasteiger partial charge on any atom is -0.350 e. The molecule has 0 saturated heterocycles. The van der Waals surface area contributed by atoms with E-state index in [0.29, 0.717) is 18.5 Å². The summed E-state index contributed by atoms with van der Waals surface area (Å²) < 4.78 is 13.4. The Labute approximate surface area is 162 Å². The Kier molecular flexibility index (Phi) is 4.65. The van der Waals surface area contributed by atoms with Crippen LogP contribution in [0.4, 0.5) is 10.1 Å². The Balaban J connectivity index is 1.84. The zero-order valence-electron chi connectivity index (χ0n) is 15.4. The number of hydrogen-bond donors (Lipinski definition) is 1. The van der Waals surface area contributed by atoms with E-state index in [9.17, 15) is 14.0 Å². The van der Waals surface area contributed by atoms with Crippen LogP contribution in [0.5, 0.6) is 0 Å². The molecule has 0 fully saturated rings. The number of carbonyl (C=O) groups is 2. The molecule has 0 unspecified atom stereocenters. The predicted octanol–water partition coefficient (Wildman–Crippen LogP) is 4.58. The Morgan fingerprint density at radius 2 is 1.61 bits per heavy atom. The maximum atomic E-state index is 13.4. The number of nitrogens with one attached hydrogen (secondary N) is 1. The molecule has 1 heterocycles. The average molecular weight is 374 g/mol. The molecule has 0 aromatic heterocycles. The summed E-state index contributed by atoms with van der Waals surface area (Å²) in [7, 11) is 0. The van der Waals surface area contributed by atoms with E-state index >= 15 is 0 Å². The molecule has 0 radical (unpaired) electrons. The molecule has 3 aromatic carbocycles. The number of amides is 2. The number of hydrogen-bond acceptors (Lipinski definition) is 3. The van der Waals surface area contributed by atoms with E-state index in [-0.39, 0.29) is 23.1 Å². The molecule has 4 nitrogen and oxygen atoms in total. The third kappa shape index (κ3) is 3.05. The van der Waals surface area contributed by atoms with Gasteiger partial charge in [0.25, 0.3) is 11.8 Å². The summed E-state index contributed by atoms with van der Waals surface area (Å²) in [5.74, 6) is -1.12. The number of carbonyl (C=O) groups excluding carboxylic acids is 2. The van der Waals surface area contributed by atoms with Crippen LogP contribution in [0.1, 0.15) is 18.9 Å². The van der Waals surface area contributed by atoms with Crippen LogP contribution in [0.2, 0.25) is 0 Å². The van der Waals surface area contributed by atoms with Crippen LogP contribution < -0.4 is 5.32 Å². The maximum Gasteiger partial charge on any atom is 0.278 e. The van der Waals surface area contributed by atoms with Gasteiger partial charge in [-0.3, -0.25) is 14.5 Å². The first kappa shape index (κ1) is 17.9. The van der Waals surface area contributed by atoms with Gasteiger partial charge < -0.3 is 5.32 Å². The summed E-state index contributed by atoms with van der Waals surface area (Å²) in [5.41, 5.74) is 1.75. The van der Waals surface area contributed by atoms with Gasteiger partial charge >= 0.3 is 0 Å². The van der Waals surface area contributed by atoms with E-state index in [0.717, 1.165) is 16.5 Å². The van der Waals surface area contributed by atoms with Crippen molar-refractivity contribution in [1.29, 1.82) is 0 Å². The number of rotatable bonds is 5. The fourth-order valence-corrected chi connectivity index (χ4v) is 3.47. The monoisotopic (exact) mass is 374 g/mol. The van der Waals surface area contributed by atoms with E-state index in [1.165, 1.54) is 29.2 Å². The van der Waals surface area contributed by atoms with Crippen LogP contribution in [0, 0.1) is 5.82 Å². The average Bonchev–Trinajstić information content (AvgIpc) is 2.94. The number of nitrogens with zero attached hydrogens (tertiary/aromatic N) is 1. The van der Waals surface area contributed by atoms with Crippen molar-refractivity contribution in [3.05, 3.63) is 83.8 Å². The molecule has 1 aliphatic rings. The molecule has 1 aliphatic heterocycles. The molecule has 0 bridgehead atoms. The fourth-order valence-electron chi connectivity index (χ4n) is 3.47. The van der Waals surface area contributed by atoms with Crippen molar-refractivity contribution in [2.45, 2.75) is 13.3 Å². The quantitative estimate of drug-likeness (QED) is 0.665. The van der Waals surface area contributed by atoms with Gasteiger partial charge in [0.15, 0.2) is 0 Å². The Morgan fingerprint density at radius 1 is 0.893 bits per heavy atom. The van der Waals surface area contributed by atoms with Gasteiger partial charge in [-0.15, -0.1) is 0 Å². The van der Waals surface area contributed by atoms with Crippen molar-refractivity contribution in [3.63, 3.8) is 0 Å². The van der Waals surface area contributed by atoms with Gasteiger partial charge in [-0.2, -0.15) is 0 Å². The van der Waals surface area contributed by atoms with Crippen LogP contribution in [-0.2, 0) is 9.59 Å². The van der Waals surface area contributed by atoms with Gasteiger partial charge in [-0.05, 0) is 35.6 Å². The lowest BCUT2D eigenvalue weighted by molar-refractivity contribution is -0.136.